The van der Waals surface area contributed by atoms with Gasteiger partial charge in [-0.25, -0.2) is 19.9 Å². The van der Waals surface area contributed by atoms with Crippen LogP contribution in [0.1, 0.15) is 38.9 Å². The van der Waals surface area contributed by atoms with Gasteiger partial charge < -0.3 is 5.32 Å². The zero-order chi connectivity index (χ0) is 19.1. The number of fused-ring (bicyclic) bond motifs is 3. The van der Waals surface area contributed by atoms with Crippen molar-refractivity contribution < 1.29 is 0 Å². The Balaban J connectivity index is 1.61. The van der Waals surface area contributed by atoms with Crippen molar-refractivity contribution in [1.29, 1.82) is 0 Å². The summed E-state index contributed by atoms with van der Waals surface area (Å²) in [6.45, 7) is 4.83. The first-order chi connectivity index (χ1) is 13.7. The van der Waals surface area contributed by atoms with Crippen molar-refractivity contribution in [3.63, 3.8) is 0 Å². The number of thiazole rings is 1. The number of nitrogens with zero attached hydrogens (tertiary/aromatic N) is 5. The Labute approximate surface area is 171 Å². The van der Waals surface area contributed by atoms with Crippen molar-refractivity contribution in [2.24, 2.45) is 0 Å². The molecule has 1 N–H and O–H groups in total. The van der Waals surface area contributed by atoms with Gasteiger partial charge in [-0.3, -0.25) is 4.98 Å². The first-order valence-corrected chi connectivity index (χ1v) is 11.1. The van der Waals surface area contributed by atoms with Crippen LogP contribution < -0.4 is 5.32 Å². The Morgan fingerprint density at radius 3 is 2.71 bits per heavy atom. The minimum absolute atomic E-state index is 0.618. The molecule has 0 atom stereocenters. The largest absolute Gasteiger partial charge is 0.364 e. The maximum atomic E-state index is 4.86. The second kappa shape index (κ2) is 7.18. The third-order valence-electron chi connectivity index (χ3n) is 5.03. The maximum absolute atomic E-state index is 4.86. The number of nitrogens with one attached hydrogen (secondary N) is 1. The topological polar surface area (TPSA) is 76.5 Å². The standard InChI is InChI=1S/C20H20N6S2/c1-11-14(24-12(2)27-11)10-23-19-17-13-5-3-4-6-16(13)28-20(17)26-18(25-19)15-9-21-7-8-22-15/h7-9H,3-6,10H2,1-2H3,(H,23,25,26). The van der Waals surface area contributed by atoms with Crippen LogP contribution in [0.5, 0.6) is 0 Å². The van der Waals surface area contributed by atoms with Crippen LogP contribution in [0.4, 0.5) is 5.82 Å². The van der Waals surface area contributed by atoms with Gasteiger partial charge in [-0.2, -0.15) is 0 Å². The quantitative estimate of drug-likeness (QED) is 0.527. The molecule has 4 aromatic heterocycles. The molecule has 8 heteroatoms. The molecular formula is C20H20N6S2. The van der Waals surface area contributed by atoms with Crippen molar-refractivity contribution in [2.45, 2.75) is 46.1 Å². The molecule has 28 heavy (non-hydrogen) atoms. The number of aromatic nitrogens is 5. The molecule has 0 saturated heterocycles. The molecule has 6 nitrogen and oxygen atoms in total. The van der Waals surface area contributed by atoms with E-state index < -0.39 is 0 Å². The number of thiophene rings is 1. The Morgan fingerprint density at radius 2 is 1.93 bits per heavy atom. The van der Waals surface area contributed by atoms with Gasteiger partial charge in [-0.1, -0.05) is 0 Å². The smallest absolute Gasteiger partial charge is 0.183 e. The Bertz CT molecular complexity index is 1150. The van der Waals surface area contributed by atoms with Crippen molar-refractivity contribution in [2.75, 3.05) is 5.32 Å². The van der Waals surface area contributed by atoms with Crippen molar-refractivity contribution in [1.82, 2.24) is 24.9 Å². The second-order valence-electron chi connectivity index (χ2n) is 6.97. The van der Waals surface area contributed by atoms with Crippen LogP contribution in [-0.2, 0) is 19.4 Å². The van der Waals surface area contributed by atoms with Crippen molar-refractivity contribution in [3.8, 4) is 11.5 Å². The van der Waals surface area contributed by atoms with Crippen molar-refractivity contribution >= 4 is 38.7 Å². The molecule has 1 aliphatic carbocycles. The summed E-state index contributed by atoms with van der Waals surface area (Å²) < 4.78 is 0. The lowest BCUT2D eigenvalue weighted by Crippen LogP contribution is -2.07. The molecule has 0 saturated carbocycles. The second-order valence-corrected chi connectivity index (χ2v) is 9.46. The minimum atomic E-state index is 0.618. The zero-order valence-corrected chi connectivity index (χ0v) is 17.5. The van der Waals surface area contributed by atoms with E-state index in [1.54, 1.807) is 41.3 Å². The number of hydrogen-bond donors (Lipinski definition) is 1. The summed E-state index contributed by atoms with van der Waals surface area (Å²) in [5, 5.41) is 5.83. The lowest BCUT2D eigenvalue weighted by Gasteiger charge is -2.13. The summed E-state index contributed by atoms with van der Waals surface area (Å²) in [4.78, 5) is 26.7. The molecule has 4 heterocycles. The molecule has 0 spiro atoms. The highest BCUT2D eigenvalue weighted by Crippen LogP contribution is 2.39. The van der Waals surface area contributed by atoms with Gasteiger partial charge in [-0.15, -0.1) is 22.7 Å². The first-order valence-electron chi connectivity index (χ1n) is 9.44. The van der Waals surface area contributed by atoms with E-state index in [1.807, 2.05) is 6.92 Å². The molecule has 0 fully saturated rings. The number of hydrogen-bond acceptors (Lipinski definition) is 8. The Morgan fingerprint density at radius 1 is 1.04 bits per heavy atom. The highest BCUT2D eigenvalue weighted by Gasteiger charge is 2.22. The zero-order valence-electron chi connectivity index (χ0n) is 15.8. The first kappa shape index (κ1) is 17.6. The molecule has 1 aliphatic rings. The molecule has 4 aromatic rings. The van der Waals surface area contributed by atoms with Crippen molar-refractivity contribution in [3.05, 3.63) is 44.6 Å². The predicted octanol–water partition coefficient (Wildman–Crippen LogP) is 4.71. The van der Waals surface area contributed by atoms with E-state index in [2.05, 4.69) is 27.2 Å². The lowest BCUT2D eigenvalue weighted by molar-refractivity contribution is 0.700. The summed E-state index contributed by atoms with van der Waals surface area (Å²) in [5.74, 6) is 1.50. The third-order valence-corrected chi connectivity index (χ3v) is 7.14. The van der Waals surface area contributed by atoms with E-state index in [0.717, 1.165) is 34.2 Å². The molecule has 0 unspecified atom stereocenters. The number of rotatable bonds is 4. The van der Waals surface area contributed by atoms with E-state index in [0.29, 0.717) is 18.1 Å². The van der Waals surface area contributed by atoms with Crippen LogP contribution >= 0.6 is 22.7 Å². The molecule has 0 radical (unpaired) electrons. The highest BCUT2D eigenvalue weighted by molar-refractivity contribution is 7.19. The molecule has 0 aromatic carbocycles. The number of aryl methyl sites for hydroxylation is 4. The third kappa shape index (κ3) is 3.16. The van der Waals surface area contributed by atoms with E-state index >= 15 is 0 Å². The van der Waals surface area contributed by atoms with Gasteiger partial charge in [0, 0.05) is 22.1 Å². The minimum Gasteiger partial charge on any atom is -0.364 e. The summed E-state index contributed by atoms with van der Waals surface area (Å²) in [7, 11) is 0. The van der Waals surface area contributed by atoms with Crippen LogP contribution in [0.2, 0.25) is 0 Å². The van der Waals surface area contributed by atoms with Gasteiger partial charge >= 0.3 is 0 Å². The summed E-state index contributed by atoms with van der Waals surface area (Å²) >= 11 is 3.53. The van der Waals surface area contributed by atoms with Crippen LogP contribution in [0.15, 0.2) is 18.6 Å². The number of anilines is 1. The fourth-order valence-electron chi connectivity index (χ4n) is 3.72. The summed E-state index contributed by atoms with van der Waals surface area (Å²) in [6.07, 6.45) is 9.79. The Hall–Kier alpha value is -2.45. The lowest BCUT2D eigenvalue weighted by atomic mass is 9.97. The van der Waals surface area contributed by atoms with Gasteiger partial charge in [0.25, 0.3) is 0 Å². The van der Waals surface area contributed by atoms with Crippen LogP contribution in [0, 0.1) is 13.8 Å². The molecule has 5 rings (SSSR count). The summed E-state index contributed by atoms with van der Waals surface area (Å²) in [6, 6.07) is 0. The average Bonchev–Trinajstić information content (AvgIpc) is 3.25. The summed E-state index contributed by atoms with van der Waals surface area (Å²) in [5.41, 5.74) is 3.20. The molecule has 0 aliphatic heterocycles. The van der Waals surface area contributed by atoms with Gasteiger partial charge in [-0.05, 0) is 45.1 Å². The van der Waals surface area contributed by atoms with Gasteiger partial charge in [0.15, 0.2) is 5.82 Å². The normalized spacial score (nSPS) is 13.6. The van der Waals surface area contributed by atoms with E-state index in [-0.39, 0.29) is 0 Å². The van der Waals surface area contributed by atoms with Gasteiger partial charge in [0.05, 0.1) is 28.8 Å². The predicted molar refractivity (Wildman–Crippen MR) is 114 cm³/mol. The highest BCUT2D eigenvalue weighted by atomic mass is 32.1. The van der Waals surface area contributed by atoms with E-state index in [1.165, 1.54) is 33.5 Å². The van der Waals surface area contributed by atoms with Crippen LogP contribution in [0.25, 0.3) is 21.7 Å². The average molecular weight is 409 g/mol. The maximum Gasteiger partial charge on any atom is 0.183 e. The molecule has 0 amide bonds. The van der Waals surface area contributed by atoms with Crippen LogP contribution in [-0.4, -0.2) is 24.9 Å². The Kier molecular flexibility index (Phi) is 4.52. The van der Waals surface area contributed by atoms with Gasteiger partial charge in [0.2, 0.25) is 0 Å². The molecular weight excluding hydrogens is 388 g/mol. The van der Waals surface area contributed by atoms with E-state index in [9.17, 15) is 0 Å². The van der Waals surface area contributed by atoms with E-state index in [4.69, 9.17) is 9.97 Å². The molecule has 0 bridgehead atoms. The van der Waals surface area contributed by atoms with Crippen LogP contribution in [0.3, 0.4) is 0 Å². The fourth-order valence-corrected chi connectivity index (χ4v) is 5.81. The SMILES string of the molecule is Cc1nc(CNc2nc(-c3cnccn3)nc3sc4c(c23)CCCC4)c(C)s1. The van der Waals surface area contributed by atoms with Gasteiger partial charge in [0.1, 0.15) is 16.3 Å². The monoisotopic (exact) mass is 408 g/mol. The molecule has 142 valence electrons. The fraction of sp³-hybridized carbons (Fsp3) is 0.350.